The van der Waals surface area contributed by atoms with Crippen molar-refractivity contribution in [2.75, 3.05) is 6.61 Å². The van der Waals surface area contributed by atoms with Crippen LogP contribution in [0.15, 0.2) is 0 Å². The van der Waals surface area contributed by atoms with Gasteiger partial charge in [-0.3, -0.25) is 4.79 Å². The summed E-state index contributed by atoms with van der Waals surface area (Å²) in [5, 5.41) is 9.35. The highest BCUT2D eigenvalue weighted by atomic mass is 16.5. The molecule has 0 aromatic heterocycles. The van der Waals surface area contributed by atoms with Gasteiger partial charge in [0.1, 0.15) is 0 Å². The second kappa shape index (κ2) is 4.27. The summed E-state index contributed by atoms with van der Waals surface area (Å²) in [4.78, 5) is 11.4. The van der Waals surface area contributed by atoms with Gasteiger partial charge in [0.25, 0.3) is 0 Å². The zero-order valence-corrected chi connectivity index (χ0v) is 11.2. The first-order chi connectivity index (χ1) is 7.87. The molecule has 0 spiro atoms. The summed E-state index contributed by atoms with van der Waals surface area (Å²) in [7, 11) is 0. The Morgan fingerprint density at radius 1 is 1.24 bits per heavy atom. The molecule has 2 aliphatic carbocycles. The molecule has 0 radical (unpaired) electrons. The Kier molecular flexibility index (Phi) is 3.23. The summed E-state index contributed by atoms with van der Waals surface area (Å²) in [6, 6.07) is 0. The Morgan fingerprint density at radius 2 is 1.76 bits per heavy atom. The van der Waals surface area contributed by atoms with Gasteiger partial charge >= 0.3 is 5.97 Å². The number of carboxylic acid groups (broad SMARTS) is 1. The minimum atomic E-state index is -0.618. The molecule has 2 rings (SSSR count). The maximum atomic E-state index is 11.4. The van der Waals surface area contributed by atoms with Gasteiger partial charge in [-0.15, -0.1) is 0 Å². The quantitative estimate of drug-likeness (QED) is 0.824. The van der Waals surface area contributed by atoms with Crippen molar-refractivity contribution in [1.29, 1.82) is 0 Å². The molecule has 0 aromatic carbocycles. The average Bonchev–Trinajstić information content (AvgIpc) is 2.14. The van der Waals surface area contributed by atoms with E-state index >= 15 is 0 Å². The molecule has 0 amide bonds. The highest BCUT2D eigenvalue weighted by Crippen LogP contribution is 2.52. The molecule has 2 bridgehead atoms. The van der Waals surface area contributed by atoms with Gasteiger partial charge in [0, 0.05) is 6.61 Å². The van der Waals surface area contributed by atoms with Gasteiger partial charge in [0.2, 0.25) is 0 Å². The minimum Gasteiger partial charge on any atom is -0.481 e. The number of carboxylic acids is 1. The predicted octanol–water partition coefficient (Wildman–Crippen LogP) is 3.08. The van der Waals surface area contributed by atoms with E-state index in [0.717, 1.165) is 32.3 Å². The minimum absolute atomic E-state index is 0.0117. The molecule has 3 nitrogen and oxygen atoms in total. The Balaban J connectivity index is 2.10. The van der Waals surface area contributed by atoms with Gasteiger partial charge in [-0.25, -0.2) is 0 Å². The highest BCUT2D eigenvalue weighted by molar-refractivity contribution is 5.74. The van der Waals surface area contributed by atoms with E-state index in [1.165, 1.54) is 6.42 Å². The summed E-state index contributed by atoms with van der Waals surface area (Å²) >= 11 is 0. The first kappa shape index (κ1) is 12.9. The summed E-state index contributed by atoms with van der Waals surface area (Å²) < 4.78 is 5.89. The summed E-state index contributed by atoms with van der Waals surface area (Å²) in [6.45, 7) is 6.90. The second-order valence-electron chi connectivity index (χ2n) is 6.53. The molecule has 2 atom stereocenters. The summed E-state index contributed by atoms with van der Waals surface area (Å²) in [5.41, 5.74) is -0.511. The van der Waals surface area contributed by atoms with E-state index in [4.69, 9.17) is 4.74 Å². The van der Waals surface area contributed by atoms with Crippen LogP contribution in [0.3, 0.4) is 0 Å². The molecule has 2 fully saturated rings. The van der Waals surface area contributed by atoms with Crippen molar-refractivity contribution in [1.82, 2.24) is 0 Å². The van der Waals surface area contributed by atoms with E-state index < -0.39 is 11.4 Å². The van der Waals surface area contributed by atoms with Gasteiger partial charge in [-0.05, 0) is 64.7 Å². The summed E-state index contributed by atoms with van der Waals surface area (Å²) in [5.74, 6) is 0.438. The summed E-state index contributed by atoms with van der Waals surface area (Å²) in [6.07, 6.45) is 4.90. The molecule has 98 valence electrons. The second-order valence-corrected chi connectivity index (χ2v) is 6.53. The fourth-order valence-electron chi connectivity index (χ4n) is 4.25. The average molecular weight is 240 g/mol. The van der Waals surface area contributed by atoms with Crippen molar-refractivity contribution in [2.45, 2.75) is 58.5 Å². The molecular formula is C14H24O3. The molecule has 2 aliphatic rings. The lowest BCUT2D eigenvalue weighted by Gasteiger charge is -2.49. The molecule has 2 unspecified atom stereocenters. The Labute approximate surface area is 104 Å². The molecular weight excluding hydrogens is 216 g/mol. The maximum absolute atomic E-state index is 11.4. The van der Waals surface area contributed by atoms with Crippen molar-refractivity contribution < 1.29 is 14.6 Å². The van der Waals surface area contributed by atoms with Crippen LogP contribution >= 0.6 is 0 Å². The van der Waals surface area contributed by atoms with Crippen LogP contribution in [0.5, 0.6) is 0 Å². The van der Waals surface area contributed by atoms with E-state index in [1.807, 2.05) is 13.8 Å². The molecule has 17 heavy (non-hydrogen) atoms. The molecule has 0 aromatic rings. The highest BCUT2D eigenvalue weighted by Gasteiger charge is 2.49. The first-order valence-corrected chi connectivity index (χ1v) is 6.74. The number of aliphatic carboxylic acids is 1. The zero-order chi connectivity index (χ0) is 12.7. The molecule has 0 heterocycles. The number of ether oxygens (including phenoxy) is 1. The number of carbonyl (C=O) groups is 1. The SMILES string of the molecule is CCOC1(C)CC2CC(C1)CC(C)(C(=O)O)C2. The number of hydrogen-bond acceptors (Lipinski definition) is 2. The van der Waals surface area contributed by atoms with Crippen LogP contribution in [0.2, 0.25) is 0 Å². The van der Waals surface area contributed by atoms with Crippen molar-refractivity contribution >= 4 is 5.97 Å². The smallest absolute Gasteiger partial charge is 0.309 e. The van der Waals surface area contributed by atoms with Crippen LogP contribution in [0.4, 0.5) is 0 Å². The van der Waals surface area contributed by atoms with Crippen LogP contribution < -0.4 is 0 Å². The van der Waals surface area contributed by atoms with Crippen LogP contribution in [-0.4, -0.2) is 23.3 Å². The lowest BCUT2D eigenvalue weighted by atomic mass is 9.58. The monoisotopic (exact) mass is 240 g/mol. The maximum Gasteiger partial charge on any atom is 0.309 e. The third-order valence-corrected chi connectivity index (χ3v) is 4.60. The zero-order valence-electron chi connectivity index (χ0n) is 11.2. The largest absolute Gasteiger partial charge is 0.481 e. The third-order valence-electron chi connectivity index (χ3n) is 4.60. The number of hydrogen-bond donors (Lipinski definition) is 1. The van der Waals surface area contributed by atoms with E-state index in [2.05, 4.69) is 6.92 Å². The third kappa shape index (κ3) is 2.49. The van der Waals surface area contributed by atoms with Crippen LogP contribution in [0, 0.1) is 17.3 Å². The van der Waals surface area contributed by atoms with Gasteiger partial charge in [0.15, 0.2) is 0 Å². The van der Waals surface area contributed by atoms with Gasteiger partial charge in [0.05, 0.1) is 11.0 Å². The van der Waals surface area contributed by atoms with Gasteiger partial charge in [-0.1, -0.05) is 0 Å². The number of fused-ring (bicyclic) bond motifs is 2. The molecule has 0 aliphatic heterocycles. The van der Waals surface area contributed by atoms with E-state index in [1.54, 1.807) is 0 Å². The van der Waals surface area contributed by atoms with Crippen LogP contribution in [0.25, 0.3) is 0 Å². The van der Waals surface area contributed by atoms with Crippen molar-refractivity contribution in [3.8, 4) is 0 Å². The molecule has 1 N–H and O–H groups in total. The predicted molar refractivity (Wildman–Crippen MR) is 65.8 cm³/mol. The van der Waals surface area contributed by atoms with Crippen molar-refractivity contribution in [3.63, 3.8) is 0 Å². The van der Waals surface area contributed by atoms with Gasteiger partial charge in [-0.2, -0.15) is 0 Å². The lowest BCUT2D eigenvalue weighted by molar-refractivity contribution is -0.159. The van der Waals surface area contributed by atoms with Gasteiger partial charge < -0.3 is 9.84 Å². The van der Waals surface area contributed by atoms with Crippen molar-refractivity contribution in [2.24, 2.45) is 17.3 Å². The standard InChI is InChI=1S/C14H24O3/c1-4-17-14(3)8-10-5-11(9-14)7-13(2,6-10)12(15)16/h10-11H,4-9H2,1-3H3,(H,15,16). The molecule has 0 saturated heterocycles. The van der Waals surface area contributed by atoms with E-state index in [-0.39, 0.29) is 5.60 Å². The normalized spacial score (nSPS) is 45.6. The Bertz CT molecular complexity index is 297. The molecule has 3 heteroatoms. The fourth-order valence-corrected chi connectivity index (χ4v) is 4.25. The van der Waals surface area contributed by atoms with E-state index in [9.17, 15) is 9.90 Å². The first-order valence-electron chi connectivity index (χ1n) is 6.74. The topological polar surface area (TPSA) is 46.5 Å². The lowest BCUT2D eigenvalue weighted by Crippen LogP contribution is -2.47. The van der Waals surface area contributed by atoms with Crippen LogP contribution in [-0.2, 0) is 9.53 Å². The Morgan fingerprint density at radius 3 is 2.18 bits per heavy atom. The number of rotatable bonds is 3. The Hall–Kier alpha value is -0.570. The van der Waals surface area contributed by atoms with E-state index in [0.29, 0.717) is 11.8 Å². The van der Waals surface area contributed by atoms with Crippen molar-refractivity contribution in [3.05, 3.63) is 0 Å². The molecule has 2 saturated carbocycles. The van der Waals surface area contributed by atoms with Crippen LogP contribution in [0.1, 0.15) is 52.9 Å². The fraction of sp³-hybridized carbons (Fsp3) is 0.929.